The standard InChI is InChI=1S/C13H16BrO2.3CH3.Sn/c1-3-11(8-14)9-16-10-12-4-6-13(15-2)7-5-12;;;;/h4-7,11H,1,8-10H2,2H3;3*1H3;. The van der Waals surface area contributed by atoms with E-state index in [1.54, 1.807) is 7.11 Å². The second kappa shape index (κ2) is 8.44. The zero-order valence-electron chi connectivity index (χ0n) is 12.9. The second-order valence-corrected chi connectivity index (χ2v) is 21.3. The van der Waals surface area contributed by atoms with Crippen LogP contribution in [0.1, 0.15) is 5.56 Å². The molecule has 0 amide bonds. The fourth-order valence-electron chi connectivity index (χ4n) is 1.89. The van der Waals surface area contributed by atoms with Crippen LogP contribution in [0.5, 0.6) is 5.75 Å². The first-order chi connectivity index (χ1) is 9.38. The summed E-state index contributed by atoms with van der Waals surface area (Å²) in [6.07, 6.45) is 0. The summed E-state index contributed by atoms with van der Waals surface area (Å²) in [5.41, 5.74) is 1.17. The molecule has 1 atom stereocenters. The summed E-state index contributed by atoms with van der Waals surface area (Å²) in [6, 6.07) is 8.01. The Balaban J connectivity index is 2.47. The van der Waals surface area contributed by atoms with Gasteiger partial charge in [0.15, 0.2) is 0 Å². The number of halogens is 1. The SMILES string of the molecule is C=[C](C(CBr)COCc1ccc(OC)cc1)[Sn]([CH3])([CH3])[CH3]. The van der Waals surface area contributed by atoms with Crippen molar-refractivity contribution in [3.8, 4) is 5.75 Å². The summed E-state index contributed by atoms with van der Waals surface area (Å²) in [5, 5.41) is 0.933. The molecule has 2 nitrogen and oxygen atoms in total. The van der Waals surface area contributed by atoms with Gasteiger partial charge in [0.25, 0.3) is 0 Å². The number of hydrogen-bond donors (Lipinski definition) is 0. The Kier molecular flexibility index (Phi) is 7.62. The van der Waals surface area contributed by atoms with Crippen molar-refractivity contribution in [2.75, 3.05) is 19.0 Å². The summed E-state index contributed by atoms with van der Waals surface area (Å²) in [4.78, 5) is 7.20. The average molecular weight is 448 g/mol. The molecule has 4 heteroatoms. The van der Waals surface area contributed by atoms with E-state index in [-0.39, 0.29) is 0 Å². The van der Waals surface area contributed by atoms with E-state index in [0.717, 1.165) is 17.7 Å². The number of rotatable bonds is 8. The molecule has 0 heterocycles. The first kappa shape index (κ1) is 18.0. The third-order valence-electron chi connectivity index (χ3n) is 3.39. The Hall–Kier alpha value is -0.00130. The van der Waals surface area contributed by atoms with Crippen LogP contribution in [-0.4, -0.2) is 37.4 Å². The minimum absolute atomic E-state index is 0.434. The van der Waals surface area contributed by atoms with Gasteiger partial charge in [0.1, 0.15) is 0 Å². The minimum atomic E-state index is -2.03. The van der Waals surface area contributed by atoms with Crippen LogP contribution in [-0.2, 0) is 11.3 Å². The summed E-state index contributed by atoms with van der Waals surface area (Å²) >= 11 is 1.56. The van der Waals surface area contributed by atoms with Crippen molar-refractivity contribution in [1.29, 1.82) is 0 Å². The maximum atomic E-state index is 5.86. The fraction of sp³-hybridized carbons (Fsp3) is 0.500. The van der Waals surface area contributed by atoms with Crippen LogP contribution in [0.2, 0.25) is 14.8 Å². The van der Waals surface area contributed by atoms with E-state index in [9.17, 15) is 0 Å². The predicted octanol–water partition coefficient (Wildman–Crippen LogP) is 4.66. The van der Waals surface area contributed by atoms with Crippen LogP contribution < -0.4 is 4.74 Å². The zero-order chi connectivity index (χ0) is 15.2. The fourth-order valence-corrected chi connectivity index (χ4v) is 7.35. The quantitative estimate of drug-likeness (QED) is 0.426. The van der Waals surface area contributed by atoms with Crippen molar-refractivity contribution in [3.63, 3.8) is 0 Å². The van der Waals surface area contributed by atoms with Gasteiger partial charge in [0, 0.05) is 0 Å². The summed E-state index contributed by atoms with van der Waals surface area (Å²) in [6.45, 7) is 5.69. The molecular formula is C16H25BrO2Sn. The van der Waals surface area contributed by atoms with Crippen LogP contribution in [0, 0.1) is 5.92 Å². The average Bonchev–Trinajstić information content (AvgIpc) is 2.42. The van der Waals surface area contributed by atoms with Gasteiger partial charge < -0.3 is 0 Å². The molecule has 0 spiro atoms. The van der Waals surface area contributed by atoms with Crippen LogP contribution in [0.15, 0.2) is 34.4 Å². The van der Waals surface area contributed by atoms with Gasteiger partial charge in [0.05, 0.1) is 0 Å². The van der Waals surface area contributed by atoms with Gasteiger partial charge in [-0.25, -0.2) is 0 Å². The molecular weight excluding hydrogens is 423 g/mol. The van der Waals surface area contributed by atoms with E-state index in [2.05, 4.69) is 37.3 Å². The predicted molar refractivity (Wildman–Crippen MR) is 92.4 cm³/mol. The Morgan fingerprint density at radius 2 is 1.85 bits per heavy atom. The molecule has 0 fully saturated rings. The molecule has 1 aromatic carbocycles. The molecule has 0 saturated heterocycles. The molecule has 0 radical (unpaired) electrons. The van der Waals surface area contributed by atoms with Gasteiger partial charge in [-0.3, -0.25) is 0 Å². The van der Waals surface area contributed by atoms with Crippen molar-refractivity contribution in [2.45, 2.75) is 21.4 Å². The summed E-state index contributed by atoms with van der Waals surface area (Å²) < 4.78 is 12.4. The monoisotopic (exact) mass is 448 g/mol. The summed E-state index contributed by atoms with van der Waals surface area (Å²) in [7, 11) is 1.68. The van der Waals surface area contributed by atoms with E-state index >= 15 is 0 Å². The molecule has 1 unspecified atom stereocenters. The molecule has 1 rings (SSSR count). The number of benzene rings is 1. The number of alkyl halides is 1. The van der Waals surface area contributed by atoms with Crippen molar-refractivity contribution in [3.05, 3.63) is 40.0 Å². The molecule has 0 aliphatic carbocycles. The van der Waals surface area contributed by atoms with Gasteiger partial charge in [0.2, 0.25) is 0 Å². The first-order valence-corrected chi connectivity index (χ1v) is 18.0. The van der Waals surface area contributed by atoms with Gasteiger partial charge in [-0.15, -0.1) is 0 Å². The molecule has 1 aromatic rings. The molecule has 0 bridgehead atoms. The molecule has 0 aromatic heterocycles. The van der Waals surface area contributed by atoms with Gasteiger partial charge >= 0.3 is 136 Å². The van der Waals surface area contributed by atoms with E-state index < -0.39 is 18.4 Å². The Morgan fingerprint density at radius 1 is 1.25 bits per heavy atom. The van der Waals surface area contributed by atoms with Crippen molar-refractivity contribution in [1.82, 2.24) is 0 Å². The molecule has 0 aliphatic heterocycles. The van der Waals surface area contributed by atoms with Gasteiger partial charge in [-0.2, -0.15) is 0 Å². The molecule has 0 N–H and O–H groups in total. The van der Waals surface area contributed by atoms with Crippen molar-refractivity contribution >= 4 is 34.3 Å². The van der Waals surface area contributed by atoms with E-state index in [1.807, 2.05) is 24.3 Å². The van der Waals surface area contributed by atoms with Crippen LogP contribution in [0.3, 0.4) is 0 Å². The van der Waals surface area contributed by atoms with E-state index in [1.165, 1.54) is 9.15 Å². The zero-order valence-corrected chi connectivity index (χ0v) is 17.3. The van der Waals surface area contributed by atoms with Gasteiger partial charge in [-0.05, 0) is 0 Å². The van der Waals surface area contributed by atoms with Crippen LogP contribution in [0.4, 0.5) is 0 Å². The van der Waals surface area contributed by atoms with Crippen LogP contribution in [0.25, 0.3) is 0 Å². The number of methoxy groups -OCH3 is 1. The number of ether oxygens (including phenoxy) is 2. The maximum absolute atomic E-state index is 5.86. The molecule has 0 saturated carbocycles. The van der Waals surface area contributed by atoms with E-state index in [4.69, 9.17) is 9.47 Å². The summed E-state index contributed by atoms with van der Waals surface area (Å²) in [5.74, 6) is 1.31. The first-order valence-electron chi connectivity index (χ1n) is 6.84. The third-order valence-corrected chi connectivity index (χ3v) is 10.8. The Labute approximate surface area is 135 Å². The topological polar surface area (TPSA) is 18.5 Å². The molecule has 20 heavy (non-hydrogen) atoms. The molecule has 0 aliphatic rings. The Morgan fingerprint density at radius 3 is 2.30 bits per heavy atom. The Bertz CT molecular complexity index is 423. The van der Waals surface area contributed by atoms with Gasteiger partial charge in [-0.1, -0.05) is 0 Å². The third kappa shape index (κ3) is 5.78. The molecule has 112 valence electrons. The second-order valence-electron chi connectivity index (χ2n) is 5.99. The normalized spacial score (nSPS) is 13.1. The van der Waals surface area contributed by atoms with Crippen LogP contribution >= 0.6 is 15.9 Å². The number of hydrogen-bond acceptors (Lipinski definition) is 2. The van der Waals surface area contributed by atoms with E-state index in [0.29, 0.717) is 12.5 Å². The van der Waals surface area contributed by atoms with Crippen molar-refractivity contribution < 1.29 is 9.47 Å². The van der Waals surface area contributed by atoms with Crippen molar-refractivity contribution in [2.24, 2.45) is 5.92 Å².